The van der Waals surface area contributed by atoms with E-state index in [2.05, 4.69) is 25.7 Å². The number of carbonyl (C=O) groups is 1. The fraction of sp³-hybridized carbons (Fsp3) is 0.762. The number of aliphatic hydroxyl groups excluding tert-OH is 1. The topological polar surface area (TPSA) is 46.5 Å². The number of unbranched alkanes of at least 4 members (excludes halogenated alkanes) is 11. The molecule has 0 saturated heterocycles. The lowest BCUT2D eigenvalue weighted by atomic mass is 10.1. The van der Waals surface area contributed by atoms with E-state index in [1.54, 1.807) is 0 Å². The largest absolute Gasteiger partial charge is 0.432 e. The summed E-state index contributed by atoms with van der Waals surface area (Å²) < 4.78 is 4.71. The van der Waals surface area contributed by atoms with Gasteiger partial charge in [0.05, 0.1) is 0 Å². The van der Waals surface area contributed by atoms with Gasteiger partial charge in [-0.2, -0.15) is 0 Å². The van der Waals surface area contributed by atoms with Gasteiger partial charge < -0.3 is 9.84 Å². The number of hydrogen-bond acceptors (Lipinski definition) is 3. The molecular formula is C21H38O3. The summed E-state index contributed by atoms with van der Waals surface area (Å²) in [6.45, 7) is 5.61. The molecule has 0 spiro atoms. The first kappa shape index (κ1) is 22.9. The highest BCUT2D eigenvalue weighted by Gasteiger charge is 2.06. The maximum absolute atomic E-state index is 11.3. The zero-order valence-electron chi connectivity index (χ0n) is 15.7. The van der Waals surface area contributed by atoms with E-state index in [-0.39, 0.29) is 5.97 Å². The van der Waals surface area contributed by atoms with Crippen molar-refractivity contribution in [1.29, 1.82) is 0 Å². The molecule has 1 N–H and O–H groups in total. The molecule has 0 heterocycles. The van der Waals surface area contributed by atoms with Gasteiger partial charge in [-0.15, -0.1) is 0 Å². The number of ether oxygens (including phenoxy) is 1. The first-order chi connectivity index (χ1) is 11.7. The van der Waals surface area contributed by atoms with Crippen molar-refractivity contribution in [2.75, 3.05) is 0 Å². The van der Waals surface area contributed by atoms with Crippen molar-refractivity contribution < 1.29 is 14.6 Å². The smallest absolute Gasteiger partial charge is 0.308 e. The Morgan fingerprint density at radius 3 is 1.96 bits per heavy atom. The van der Waals surface area contributed by atoms with Crippen LogP contribution in [0.2, 0.25) is 0 Å². The Kier molecular flexibility index (Phi) is 17.4. The minimum Gasteiger partial charge on any atom is -0.432 e. The van der Waals surface area contributed by atoms with Crippen LogP contribution >= 0.6 is 0 Å². The van der Waals surface area contributed by atoms with Crippen LogP contribution in [0.1, 0.15) is 96.8 Å². The van der Waals surface area contributed by atoms with Crippen LogP contribution in [0.15, 0.2) is 24.8 Å². The fourth-order valence-corrected chi connectivity index (χ4v) is 2.58. The maximum Gasteiger partial charge on any atom is 0.308 e. The van der Waals surface area contributed by atoms with Crippen LogP contribution in [-0.2, 0) is 9.53 Å². The average molecular weight is 339 g/mol. The molecule has 0 aliphatic carbocycles. The lowest BCUT2D eigenvalue weighted by molar-refractivity contribution is -0.160. The van der Waals surface area contributed by atoms with Crippen molar-refractivity contribution in [3.63, 3.8) is 0 Å². The van der Waals surface area contributed by atoms with Gasteiger partial charge in [-0.3, -0.25) is 4.79 Å². The van der Waals surface area contributed by atoms with E-state index in [4.69, 9.17) is 9.84 Å². The summed E-state index contributed by atoms with van der Waals surface area (Å²) in [5.74, 6) is -0.347. The summed E-state index contributed by atoms with van der Waals surface area (Å²) in [5.41, 5.74) is 0. The molecular weight excluding hydrogens is 300 g/mol. The van der Waals surface area contributed by atoms with Crippen molar-refractivity contribution in [2.45, 2.75) is 103 Å². The second kappa shape index (κ2) is 18.3. The maximum atomic E-state index is 11.3. The molecule has 0 bridgehead atoms. The molecule has 0 saturated carbocycles. The van der Waals surface area contributed by atoms with E-state index in [0.717, 1.165) is 19.3 Å². The normalized spacial score (nSPS) is 12.4. The quantitative estimate of drug-likeness (QED) is 0.151. The van der Waals surface area contributed by atoms with Gasteiger partial charge in [0.15, 0.2) is 0 Å². The third kappa shape index (κ3) is 17.3. The van der Waals surface area contributed by atoms with Crippen LogP contribution < -0.4 is 0 Å². The van der Waals surface area contributed by atoms with Gasteiger partial charge in [0.1, 0.15) is 0 Å². The molecule has 0 rings (SSSR count). The highest BCUT2D eigenvalue weighted by atomic mass is 16.6. The summed E-state index contributed by atoms with van der Waals surface area (Å²) in [4.78, 5) is 11.3. The molecule has 24 heavy (non-hydrogen) atoms. The van der Waals surface area contributed by atoms with Crippen molar-refractivity contribution in [3.05, 3.63) is 24.8 Å². The summed E-state index contributed by atoms with van der Waals surface area (Å²) in [5, 5.41) is 9.09. The second-order valence-corrected chi connectivity index (χ2v) is 6.45. The predicted octanol–water partition coefficient (Wildman–Crippen LogP) is 6.07. The van der Waals surface area contributed by atoms with Crippen LogP contribution in [0.5, 0.6) is 0 Å². The molecule has 0 amide bonds. The lowest BCUT2D eigenvalue weighted by Gasteiger charge is -2.07. The third-order valence-electron chi connectivity index (χ3n) is 4.10. The number of allylic oxidation sites excluding steroid dienone is 2. The van der Waals surface area contributed by atoms with Gasteiger partial charge in [-0.1, -0.05) is 77.0 Å². The van der Waals surface area contributed by atoms with Gasteiger partial charge in [-0.05, 0) is 38.2 Å². The summed E-state index contributed by atoms with van der Waals surface area (Å²) in [6.07, 6.45) is 21.1. The summed E-state index contributed by atoms with van der Waals surface area (Å²) in [7, 11) is 0. The Balaban J connectivity index is 3.23. The van der Waals surface area contributed by atoms with Gasteiger partial charge in [0, 0.05) is 6.42 Å². The van der Waals surface area contributed by atoms with E-state index in [0.29, 0.717) is 6.42 Å². The summed E-state index contributed by atoms with van der Waals surface area (Å²) >= 11 is 0. The highest BCUT2D eigenvalue weighted by Crippen LogP contribution is 2.10. The van der Waals surface area contributed by atoms with E-state index in [9.17, 15) is 4.79 Å². The molecule has 0 aromatic rings. The number of esters is 1. The molecule has 1 unspecified atom stereocenters. The Bertz CT molecular complexity index is 323. The van der Waals surface area contributed by atoms with Gasteiger partial charge in [0.2, 0.25) is 6.29 Å². The van der Waals surface area contributed by atoms with Crippen LogP contribution in [0.25, 0.3) is 0 Å². The molecule has 0 radical (unpaired) electrons. The van der Waals surface area contributed by atoms with Crippen molar-refractivity contribution in [3.8, 4) is 0 Å². The molecule has 3 nitrogen and oxygen atoms in total. The van der Waals surface area contributed by atoms with Crippen molar-refractivity contribution in [1.82, 2.24) is 0 Å². The number of rotatable bonds is 17. The second-order valence-electron chi connectivity index (χ2n) is 6.45. The lowest BCUT2D eigenvalue weighted by Crippen LogP contribution is -2.14. The first-order valence-electron chi connectivity index (χ1n) is 9.85. The molecule has 140 valence electrons. The highest BCUT2D eigenvalue weighted by molar-refractivity contribution is 5.69. The SMILES string of the molecule is C=CC(O)OC(=O)CCCCCCCC=CCCCCCCCC. The average Bonchev–Trinajstić information content (AvgIpc) is 2.58. The van der Waals surface area contributed by atoms with E-state index >= 15 is 0 Å². The Labute approximate surface area is 149 Å². The molecule has 1 atom stereocenters. The fourth-order valence-electron chi connectivity index (χ4n) is 2.58. The van der Waals surface area contributed by atoms with Gasteiger partial charge in [-0.25, -0.2) is 0 Å². The van der Waals surface area contributed by atoms with Crippen LogP contribution in [0.3, 0.4) is 0 Å². The summed E-state index contributed by atoms with van der Waals surface area (Å²) in [6, 6.07) is 0. The zero-order valence-corrected chi connectivity index (χ0v) is 15.7. The van der Waals surface area contributed by atoms with E-state index in [1.807, 2.05) is 0 Å². The first-order valence-corrected chi connectivity index (χ1v) is 9.85. The molecule has 0 fully saturated rings. The van der Waals surface area contributed by atoms with Gasteiger partial charge in [0.25, 0.3) is 0 Å². The Morgan fingerprint density at radius 2 is 1.42 bits per heavy atom. The van der Waals surface area contributed by atoms with Crippen molar-refractivity contribution >= 4 is 5.97 Å². The molecule has 0 aliphatic rings. The van der Waals surface area contributed by atoms with E-state index in [1.165, 1.54) is 70.3 Å². The Hall–Kier alpha value is -1.09. The molecule has 0 aliphatic heterocycles. The van der Waals surface area contributed by atoms with Crippen molar-refractivity contribution in [2.24, 2.45) is 0 Å². The number of carbonyl (C=O) groups excluding carboxylic acids is 1. The van der Waals surface area contributed by atoms with Crippen LogP contribution in [0.4, 0.5) is 0 Å². The molecule has 3 heteroatoms. The van der Waals surface area contributed by atoms with Crippen LogP contribution in [-0.4, -0.2) is 17.4 Å². The minimum absolute atomic E-state index is 0.347. The predicted molar refractivity (Wildman–Crippen MR) is 102 cm³/mol. The standard InChI is InChI=1S/C21H38O3/c1-3-5-6-7-8-9-10-11-12-13-14-15-16-17-18-19-21(23)24-20(22)4-2/h4,11-12,20,22H,2-3,5-10,13-19H2,1H3. The minimum atomic E-state index is -1.17. The monoisotopic (exact) mass is 338 g/mol. The van der Waals surface area contributed by atoms with Crippen LogP contribution in [0, 0.1) is 0 Å². The molecule has 0 aromatic heterocycles. The Morgan fingerprint density at radius 1 is 0.917 bits per heavy atom. The van der Waals surface area contributed by atoms with E-state index < -0.39 is 6.29 Å². The number of hydrogen-bond donors (Lipinski definition) is 1. The molecule has 0 aromatic carbocycles. The third-order valence-corrected chi connectivity index (χ3v) is 4.10. The van der Waals surface area contributed by atoms with Gasteiger partial charge >= 0.3 is 5.97 Å². The number of aliphatic hydroxyl groups is 1. The zero-order chi connectivity index (χ0) is 17.9.